The Labute approximate surface area is 103 Å². The third kappa shape index (κ3) is 4.39. The first-order chi connectivity index (χ1) is 8.31. The summed E-state index contributed by atoms with van der Waals surface area (Å²) in [7, 11) is 0. The molecule has 0 saturated heterocycles. The van der Waals surface area contributed by atoms with Gasteiger partial charge in [0.2, 0.25) is 0 Å². The first kappa shape index (κ1) is 13.4. The van der Waals surface area contributed by atoms with E-state index in [-0.39, 0.29) is 0 Å². The third-order valence-electron chi connectivity index (χ3n) is 2.09. The molecule has 0 heterocycles. The summed E-state index contributed by atoms with van der Waals surface area (Å²) in [6.07, 6.45) is 3.59. The summed E-state index contributed by atoms with van der Waals surface area (Å²) < 4.78 is 16.2. The smallest absolute Gasteiger partial charge is 0.161 e. The molecule has 0 aliphatic carbocycles. The lowest BCUT2D eigenvalue weighted by Gasteiger charge is -2.11. The molecule has 0 fully saturated rings. The fourth-order valence-corrected chi connectivity index (χ4v) is 1.39. The van der Waals surface area contributed by atoms with Crippen LogP contribution < -0.4 is 9.47 Å². The minimum Gasteiger partial charge on any atom is -0.501 e. The quantitative estimate of drug-likeness (QED) is 0.678. The summed E-state index contributed by atoms with van der Waals surface area (Å²) in [6.45, 7) is 7.80. The Balaban J connectivity index is 2.84. The van der Waals surface area contributed by atoms with E-state index < -0.39 is 0 Å². The number of hydrogen-bond acceptors (Lipinski definition) is 3. The molecule has 1 rings (SSSR count). The normalized spacial score (nSPS) is 10.5. The average molecular weight is 236 g/mol. The molecule has 1 aromatic carbocycles. The van der Waals surface area contributed by atoms with Gasteiger partial charge in [-0.3, -0.25) is 0 Å². The predicted molar refractivity (Wildman–Crippen MR) is 69.4 cm³/mol. The van der Waals surface area contributed by atoms with Gasteiger partial charge in [0.05, 0.1) is 26.1 Å². The van der Waals surface area contributed by atoms with E-state index in [1.807, 2.05) is 45.0 Å². The van der Waals surface area contributed by atoms with Gasteiger partial charge in [-0.2, -0.15) is 0 Å². The minimum absolute atomic E-state index is 0.624. The number of ether oxygens (including phenoxy) is 3. The van der Waals surface area contributed by atoms with E-state index in [2.05, 4.69) is 0 Å². The van der Waals surface area contributed by atoms with Crippen molar-refractivity contribution < 1.29 is 14.2 Å². The standard InChI is InChI=1S/C14H20O3/c1-4-15-10-9-12-7-8-13(16-5-2)14(11-12)17-6-3/h7-11H,4-6H2,1-3H3. The second-order valence-corrected chi connectivity index (χ2v) is 3.33. The van der Waals surface area contributed by atoms with Crippen molar-refractivity contribution in [1.82, 2.24) is 0 Å². The van der Waals surface area contributed by atoms with Crippen LogP contribution in [-0.2, 0) is 4.74 Å². The van der Waals surface area contributed by atoms with Crippen LogP contribution in [0.15, 0.2) is 24.5 Å². The van der Waals surface area contributed by atoms with Gasteiger partial charge in [-0.05, 0) is 44.5 Å². The second kappa shape index (κ2) is 7.60. The van der Waals surface area contributed by atoms with E-state index in [4.69, 9.17) is 14.2 Å². The molecule has 0 spiro atoms. The summed E-state index contributed by atoms with van der Waals surface area (Å²) in [4.78, 5) is 0. The second-order valence-electron chi connectivity index (χ2n) is 3.33. The Morgan fingerprint density at radius 3 is 2.29 bits per heavy atom. The largest absolute Gasteiger partial charge is 0.501 e. The van der Waals surface area contributed by atoms with Crippen molar-refractivity contribution in [2.24, 2.45) is 0 Å². The molecule has 1 aromatic rings. The van der Waals surface area contributed by atoms with E-state index >= 15 is 0 Å². The Kier molecular flexibility index (Phi) is 6.00. The Bertz CT molecular complexity index is 358. The Morgan fingerprint density at radius 2 is 1.65 bits per heavy atom. The number of rotatable bonds is 7. The maximum absolute atomic E-state index is 5.54. The van der Waals surface area contributed by atoms with Crippen molar-refractivity contribution in [1.29, 1.82) is 0 Å². The van der Waals surface area contributed by atoms with Gasteiger partial charge >= 0.3 is 0 Å². The molecule has 0 saturated carbocycles. The molecule has 0 aliphatic heterocycles. The van der Waals surface area contributed by atoms with Crippen LogP contribution in [0.5, 0.6) is 11.5 Å². The first-order valence-electron chi connectivity index (χ1n) is 5.99. The summed E-state index contributed by atoms with van der Waals surface area (Å²) in [6, 6.07) is 5.84. The molecule has 0 bridgehead atoms. The van der Waals surface area contributed by atoms with Gasteiger partial charge in [0.25, 0.3) is 0 Å². The first-order valence-corrected chi connectivity index (χ1v) is 5.99. The van der Waals surface area contributed by atoms with Crippen LogP contribution in [0.25, 0.3) is 6.08 Å². The molecule has 0 N–H and O–H groups in total. The van der Waals surface area contributed by atoms with Gasteiger partial charge in [0, 0.05) is 0 Å². The molecule has 17 heavy (non-hydrogen) atoms. The number of hydrogen-bond donors (Lipinski definition) is 0. The fraction of sp³-hybridized carbons (Fsp3) is 0.429. The van der Waals surface area contributed by atoms with Crippen LogP contribution in [0.2, 0.25) is 0 Å². The van der Waals surface area contributed by atoms with E-state index in [0.717, 1.165) is 17.1 Å². The number of benzene rings is 1. The molecule has 0 atom stereocenters. The lowest BCUT2D eigenvalue weighted by molar-refractivity contribution is 0.272. The fourth-order valence-electron chi connectivity index (χ4n) is 1.39. The zero-order valence-corrected chi connectivity index (χ0v) is 10.7. The lowest BCUT2D eigenvalue weighted by atomic mass is 10.2. The van der Waals surface area contributed by atoms with Crippen molar-refractivity contribution in [3.05, 3.63) is 30.0 Å². The van der Waals surface area contributed by atoms with E-state index in [9.17, 15) is 0 Å². The SMILES string of the molecule is CCOC=Cc1ccc(OCC)c(OCC)c1. The van der Waals surface area contributed by atoms with Crippen molar-refractivity contribution in [2.75, 3.05) is 19.8 Å². The van der Waals surface area contributed by atoms with Crippen LogP contribution in [0, 0.1) is 0 Å². The van der Waals surface area contributed by atoms with E-state index in [0.29, 0.717) is 19.8 Å². The highest BCUT2D eigenvalue weighted by Crippen LogP contribution is 2.28. The molecular weight excluding hydrogens is 216 g/mol. The average Bonchev–Trinajstić information content (AvgIpc) is 2.33. The summed E-state index contributed by atoms with van der Waals surface area (Å²) in [5, 5.41) is 0. The maximum atomic E-state index is 5.54. The van der Waals surface area contributed by atoms with Crippen molar-refractivity contribution in [2.45, 2.75) is 20.8 Å². The highest BCUT2D eigenvalue weighted by Gasteiger charge is 2.04. The molecule has 0 unspecified atom stereocenters. The molecule has 0 aliphatic rings. The maximum Gasteiger partial charge on any atom is 0.161 e. The minimum atomic E-state index is 0.624. The lowest BCUT2D eigenvalue weighted by Crippen LogP contribution is -1.98. The molecular formula is C14H20O3. The van der Waals surface area contributed by atoms with Crippen molar-refractivity contribution in [3.63, 3.8) is 0 Å². The van der Waals surface area contributed by atoms with E-state index in [1.165, 1.54) is 0 Å². The molecule has 0 aromatic heterocycles. The highest BCUT2D eigenvalue weighted by atomic mass is 16.5. The van der Waals surface area contributed by atoms with Gasteiger partial charge in [-0.25, -0.2) is 0 Å². The van der Waals surface area contributed by atoms with Crippen LogP contribution >= 0.6 is 0 Å². The molecule has 94 valence electrons. The topological polar surface area (TPSA) is 27.7 Å². The molecule has 0 amide bonds. The van der Waals surface area contributed by atoms with Gasteiger partial charge in [-0.15, -0.1) is 0 Å². The summed E-state index contributed by atoms with van der Waals surface area (Å²) >= 11 is 0. The van der Waals surface area contributed by atoms with Crippen molar-refractivity contribution >= 4 is 6.08 Å². The summed E-state index contributed by atoms with van der Waals surface area (Å²) in [5.41, 5.74) is 1.03. The zero-order chi connectivity index (χ0) is 12.5. The summed E-state index contributed by atoms with van der Waals surface area (Å²) in [5.74, 6) is 1.55. The van der Waals surface area contributed by atoms with Crippen molar-refractivity contribution in [3.8, 4) is 11.5 Å². The monoisotopic (exact) mass is 236 g/mol. The van der Waals surface area contributed by atoms with Crippen LogP contribution in [0.3, 0.4) is 0 Å². The van der Waals surface area contributed by atoms with Gasteiger partial charge in [0.15, 0.2) is 11.5 Å². The Morgan fingerprint density at radius 1 is 0.941 bits per heavy atom. The molecule has 3 nitrogen and oxygen atoms in total. The third-order valence-corrected chi connectivity index (χ3v) is 2.09. The Hall–Kier alpha value is -1.64. The van der Waals surface area contributed by atoms with Crippen LogP contribution in [0.4, 0.5) is 0 Å². The molecule has 3 heteroatoms. The molecule has 0 radical (unpaired) electrons. The van der Waals surface area contributed by atoms with Gasteiger partial charge in [-0.1, -0.05) is 6.07 Å². The van der Waals surface area contributed by atoms with Gasteiger partial charge < -0.3 is 14.2 Å². The predicted octanol–water partition coefficient (Wildman–Crippen LogP) is 3.49. The van der Waals surface area contributed by atoms with E-state index in [1.54, 1.807) is 6.26 Å². The van der Waals surface area contributed by atoms with Crippen LogP contribution in [0.1, 0.15) is 26.3 Å². The van der Waals surface area contributed by atoms with Crippen LogP contribution in [-0.4, -0.2) is 19.8 Å². The zero-order valence-electron chi connectivity index (χ0n) is 10.7. The van der Waals surface area contributed by atoms with Gasteiger partial charge in [0.1, 0.15) is 0 Å². The highest BCUT2D eigenvalue weighted by molar-refractivity contribution is 5.55.